The Morgan fingerprint density at radius 3 is 1.59 bits per heavy atom. The van der Waals surface area contributed by atoms with Crippen LogP contribution < -0.4 is 0 Å². The largest absolute Gasteiger partial charge is 0.472 e. The molecule has 5 nitrogen and oxygen atoms in total. The van der Waals surface area contributed by atoms with E-state index < -0.39 is 10.9 Å². The molecule has 0 spiro atoms. The van der Waals surface area contributed by atoms with Crippen LogP contribution in [0.15, 0.2) is 23.7 Å². The van der Waals surface area contributed by atoms with Crippen LogP contribution in [0, 0.1) is 0 Å². The first-order chi connectivity index (χ1) is 7.91. The van der Waals surface area contributed by atoms with E-state index in [0.29, 0.717) is 11.1 Å². The van der Waals surface area contributed by atoms with Crippen molar-refractivity contribution in [2.75, 3.05) is 13.2 Å². The second-order valence-corrected chi connectivity index (χ2v) is 3.73. The van der Waals surface area contributed by atoms with Crippen molar-refractivity contribution in [2.45, 2.75) is 13.8 Å². The molecule has 0 radical (unpaired) electrons. The van der Waals surface area contributed by atoms with Crippen LogP contribution in [0.2, 0.25) is 0 Å². The summed E-state index contributed by atoms with van der Waals surface area (Å²) in [6.45, 7) is 3.49. The molecule has 0 aliphatic carbocycles. The minimum Gasteiger partial charge on any atom is -0.472 e. The zero-order valence-corrected chi connectivity index (χ0v) is 10.9. The highest BCUT2D eigenvalue weighted by atomic mass is 35.5. The topological polar surface area (TPSA) is 61.8 Å². The van der Waals surface area contributed by atoms with E-state index in [0.717, 1.165) is 0 Å². The third kappa shape index (κ3) is 11.1. The van der Waals surface area contributed by atoms with E-state index in [9.17, 15) is 9.59 Å². The molecule has 0 aliphatic rings. The molecule has 0 heterocycles. The molecule has 0 aromatic carbocycles. The molecule has 0 bridgehead atoms. The molecule has 17 heavy (non-hydrogen) atoms. The van der Waals surface area contributed by atoms with Crippen molar-refractivity contribution < 1.29 is 23.8 Å². The second kappa shape index (κ2) is 8.90. The van der Waals surface area contributed by atoms with Gasteiger partial charge in [0, 0.05) is 23.2 Å². The van der Waals surface area contributed by atoms with Crippen LogP contribution in [-0.4, -0.2) is 24.1 Å². The highest BCUT2D eigenvalue weighted by Gasteiger charge is 1.98. The summed E-state index contributed by atoms with van der Waals surface area (Å²) in [5.74, 6) is 0. The summed E-state index contributed by atoms with van der Waals surface area (Å²) in [4.78, 5) is 20.6. The van der Waals surface area contributed by atoms with E-state index in [1.165, 1.54) is 12.5 Å². The second-order valence-electron chi connectivity index (χ2n) is 3.12. The Labute approximate surface area is 109 Å². The van der Waals surface area contributed by atoms with Crippen molar-refractivity contribution >= 4 is 34.1 Å². The first-order valence-corrected chi connectivity index (χ1v) is 5.28. The van der Waals surface area contributed by atoms with E-state index in [4.69, 9.17) is 27.9 Å². The van der Waals surface area contributed by atoms with Gasteiger partial charge in [-0.05, 0) is 25.0 Å². The van der Waals surface area contributed by atoms with Crippen LogP contribution in [0.5, 0.6) is 0 Å². The van der Waals surface area contributed by atoms with E-state index in [1.807, 2.05) is 0 Å². The van der Waals surface area contributed by atoms with Gasteiger partial charge in [0.2, 0.25) is 0 Å². The Hall–Kier alpha value is -1.20. The van der Waals surface area contributed by atoms with Crippen LogP contribution in [0.4, 0.5) is 9.59 Å². The maximum absolute atomic E-state index is 10.3. The minimum absolute atomic E-state index is 0.0475. The van der Waals surface area contributed by atoms with Crippen LogP contribution >= 0.6 is 23.2 Å². The summed E-state index contributed by atoms with van der Waals surface area (Å²) in [6, 6.07) is 0. The van der Waals surface area contributed by atoms with E-state index in [1.54, 1.807) is 13.8 Å². The van der Waals surface area contributed by atoms with Crippen LogP contribution in [0.25, 0.3) is 0 Å². The van der Waals surface area contributed by atoms with Gasteiger partial charge in [0.05, 0.1) is 12.5 Å². The standard InChI is InChI=1S/C10H12Cl2O5/c1-7(5-16-9(11)13)3-15-4-8(2)6-17-10(12)14/h3-4H,5-6H2,1-2H3/b7-3-,8-4+. The molecule has 7 heteroatoms. The predicted octanol–water partition coefficient (Wildman–Crippen LogP) is 3.56. The van der Waals surface area contributed by atoms with Crippen molar-refractivity contribution in [3.8, 4) is 0 Å². The summed E-state index contributed by atoms with van der Waals surface area (Å²) >= 11 is 9.95. The van der Waals surface area contributed by atoms with Gasteiger partial charge in [0.15, 0.2) is 0 Å². The van der Waals surface area contributed by atoms with E-state index >= 15 is 0 Å². The summed E-state index contributed by atoms with van der Waals surface area (Å²) < 4.78 is 14.1. The average molecular weight is 283 g/mol. The lowest BCUT2D eigenvalue weighted by molar-refractivity contribution is 0.182. The summed E-state index contributed by atoms with van der Waals surface area (Å²) in [5.41, 5.74) is -0.424. The number of halogens is 2. The number of hydrogen-bond acceptors (Lipinski definition) is 5. The summed E-state index contributed by atoms with van der Waals surface area (Å²) in [5, 5.41) is 0. The van der Waals surface area contributed by atoms with Gasteiger partial charge in [-0.3, -0.25) is 0 Å². The van der Waals surface area contributed by atoms with E-state index in [2.05, 4.69) is 9.47 Å². The maximum Gasteiger partial charge on any atom is 0.404 e. The molecule has 0 saturated carbocycles. The molecule has 0 saturated heterocycles. The van der Waals surface area contributed by atoms with Gasteiger partial charge in [-0.15, -0.1) is 0 Å². The predicted molar refractivity (Wildman–Crippen MR) is 63.0 cm³/mol. The zero-order valence-electron chi connectivity index (χ0n) is 9.37. The van der Waals surface area contributed by atoms with Crippen LogP contribution in [0.3, 0.4) is 0 Å². The fourth-order valence-corrected chi connectivity index (χ4v) is 0.785. The van der Waals surface area contributed by atoms with Crippen LogP contribution in [-0.2, 0) is 14.2 Å². The smallest absolute Gasteiger partial charge is 0.404 e. The third-order valence-corrected chi connectivity index (χ3v) is 1.58. The lowest BCUT2D eigenvalue weighted by atomic mass is 10.3. The molecular formula is C10H12Cl2O5. The molecule has 0 rings (SSSR count). The fourth-order valence-electron chi connectivity index (χ4n) is 0.676. The Balaban J connectivity index is 3.92. The van der Waals surface area contributed by atoms with Gasteiger partial charge in [-0.25, -0.2) is 9.59 Å². The Morgan fingerprint density at radius 1 is 0.941 bits per heavy atom. The average Bonchev–Trinajstić information content (AvgIpc) is 2.23. The molecule has 96 valence electrons. The normalized spacial score (nSPS) is 12.0. The van der Waals surface area contributed by atoms with Gasteiger partial charge in [-0.1, -0.05) is 0 Å². The van der Waals surface area contributed by atoms with Crippen LogP contribution in [0.1, 0.15) is 13.8 Å². The molecule has 0 aromatic heterocycles. The number of rotatable bonds is 6. The molecule has 0 unspecified atom stereocenters. The summed E-state index contributed by atoms with van der Waals surface area (Å²) in [6.07, 6.45) is 2.76. The van der Waals surface area contributed by atoms with Gasteiger partial charge in [0.25, 0.3) is 0 Å². The molecule has 0 fully saturated rings. The third-order valence-electron chi connectivity index (χ3n) is 1.37. The van der Waals surface area contributed by atoms with Gasteiger partial charge in [-0.2, -0.15) is 0 Å². The number of carbonyl (C=O) groups is 2. The zero-order chi connectivity index (χ0) is 13.3. The number of carbonyl (C=O) groups excluding carboxylic acids is 2. The molecule has 0 aliphatic heterocycles. The lowest BCUT2D eigenvalue weighted by Gasteiger charge is -2.02. The Bertz CT molecular complexity index is 304. The number of hydrogen-bond donors (Lipinski definition) is 0. The first-order valence-electron chi connectivity index (χ1n) is 4.53. The first kappa shape index (κ1) is 15.8. The highest BCUT2D eigenvalue weighted by Crippen LogP contribution is 2.01. The molecular weight excluding hydrogens is 271 g/mol. The molecule has 0 atom stereocenters. The summed E-state index contributed by atoms with van der Waals surface area (Å²) in [7, 11) is 0. The van der Waals surface area contributed by atoms with E-state index in [-0.39, 0.29) is 13.2 Å². The highest BCUT2D eigenvalue weighted by molar-refractivity contribution is 6.61. The van der Waals surface area contributed by atoms with Gasteiger partial charge >= 0.3 is 10.9 Å². The maximum atomic E-state index is 10.3. The van der Waals surface area contributed by atoms with Crippen molar-refractivity contribution in [1.82, 2.24) is 0 Å². The van der Waals surface area contributed by atoms with Crippen molar-refractivity contribution in [2.24, 2.45) is 0 Å². The molecule has 0 aromatic rings. The Kier molecular flexibility index (Phi) is 8.27. The monoisotopic (exact) mass is 282 g/mol. The lowest BCUT2D eigenvalue weighted by Crippen LogP contribution is -1.99. The fraction of sp³-hybridized carbons (Fsp3) is 0.400. The quantitative estimate of drug-likeness (QED) is 0.551. The minimum atomic E-state index is -0.876. The SMILES string of the molecule is C/C(=C/O/C=C(\C)COC(=O)Cl)COC(=O)Cl. The molecule has 0 N–H and O–H groups in total. The molecule has 0 amide bonds. The van der Waals surface area contributed by atoms with Crippen molar-refractivity contribution in [3.63, 3.8) is 0 Å². The number of ether oxygens (including phenoxy) is 3. The van der Waals surface area contributed by atoms with Crippen molar-refractivity contribution in [3.05, 3.63) is 23.7 Å². The van der Waals surface area contributed by atoms with Gasteiger partial charge < -0.3 is 14.2 Å². The van der Waals surface area contributed by atoms with Gasteiger partial charge in [0.1, 0.15) is 13.2 Å². The Morgan fingerprint density at radius 2 is 1.29 bits per heavy atom. The van der Waals surface area contributed by atoms with Crippen molar-refractivity contribution in [1.29, 1.82) is 0 Å².